The van der Waals surface area contributed by atoms with Crippen molar-refractivity contribution in [1.82, 2.24) is 4.98 Å². The van der Waals surface area contributed by atoms with E-state index in [2.05, 4.69) is 15.0 Å². The average molecular weight is 394 g/mol. The highest BCUT2D eigenvalue weighted by molar-refractivity contribution is 7.93. The topological polar surface area (TPSA) is 88.2 Å². The molecule has 3 aromatic rings. The number of halogens is 1. The van der Waals surface area contributed by atoms with Crippen LogP contribution in [-0.4, -0.2) is 19.3 Å². The number of carbonyl (C=O) groups excluding carboxylic acids is 1. The minimum Gasteiger partial charge on any atom is -0.322 e. The number of rotatable bonds is 5. The zero-order chi connectivity index (χ0) is 17.9. The fourth-order valence-electron chi connectivity index (χ4n) is 2.00. The zero-order valence-electron chi connectivity index (χ0n) is 12.6. The van der Waals surface area contributed by atoms with Crippen LogP contribution < -0.4 is 10.0 Å². The molecule has 2 aromatic carbocycles. The third kappa shape index (κ3) is 4.36. The lowest BCUT2D eigenvalue weighted by atomic mass is 10.2. The van der Waals surface area contributed by atoms with Crippen molar-refractivity contribution in [3.8, 4) is 0 Å². The first-order valence-corrected chi connectivity index (χ1v) is 9.77. The summed E-state index contributed by atoms with van der Waals surface area (Å²) in [6.07, 6.45) is 1.51. The highest BCUT2D eigenvalue weighted by atomic mass is 35.5. The average Bonchev–Trinajstić information content (AvgIpc) is 3.07. The molecule has 0 spiro atoms. The number of anilines is 2. The van der Waals surface area contributed by atoms with Crippen molar-refractivity contribution in [3.63, 3.8) is 0 Å². The molecule has 25 heavy (non-hydrogen) atoms. The Kier molecular flexibility index (Phi) is 5.03. The van der Waals surface area contributed by atoms with Crippen LogP contribution in [0.4, 0.5) is 10.8 Å². The molecule has 6 nitrogen and oxygen atoms in total. The van der Waals surface area contributed by atoms with E-state index in [1.54, 1.807) is 29.6 Å². The minimum atomic E-state index is -3.72. The van der Waals surface area contributed by atoms with E-state index in [0.717, 1.165) is 0 Å². The van der Waals surface area contributed by atoms with E-state index in [-0.39, 0.29) is 10.8 Å². The van der Waals surface area contributed by atoms with Gasteiger partial charge in [0.05, 0.1) is 4.90 Å². The van der Waals surface area contributed by atoms with Crippen LogP contribution in [0.15, 0.2) is 65.0 Å². The van der Waals surface area contributed by atoms with Crippen LogP contribution >= 0.6 is 22.9 Å². The molecule has 2 N–H and O–H groups in total. The van der Waals surface area contributed by atoms with Gasteiger partial charge in [0.25, 0.3) is 15.9 Å². The predicted octanol–water partition coefficient (Wildman–Crippen LogP) is 3.85. The smallest absolute Gasteiger partial charge is 0.263 e. The van der Waals surface area contributed by atoms with Gasteiger partial charge in [-0.25, -0.2) is 13.4 Å². The molecule has 0 aliphatic rings. The number of benzene rings is 2. The van der Waals surface area contributed by atoms with E-state index in [0.29, 0.717) is 21.4 Å². The van der Waals surface area contributed by atoms with E-state index in [9.17, 15) is 13.2 Å². The van der Waals surface area contributed by atoms with Gasteiger partial charge in [-0.1, -0.05) is 17.7 Å². The molecule has 0 aliphatic heterocycles. The van der Waals surface area contributed by atoms with Crippen molar-refractivity contribution in [2.75, 3.05) is 10.0 Å². The Balaban J connectivity index is 1.73. The Morgan fingerprint density at radius 1 is 1.12 bits per heavy atom. The first-order valence-electron chi connectivity index (χ1n) is 7.03. The molecule has 1 aromatic heterocycles. The number of sulfonamides is 1. The van der Waals surface area contributed by atoms with Crippen molar-refractivity contribution < 1.29 is 13.2 Å². The molecule has 0 atom stereocenters. The molecule has 1 heterocycles. The SMILES string of the molecule is O=C(Nc1ccc(S(=O)(=O)Nc2nccs2)cc1)c1cccc(Cl)c1. The highest BCUT2D eigenvalue weighted by Crippen LogP contribution is 2.20. The van der Waals surface area contributed by atoms with E-state index in [1.807, 2.05) is 0 Å². The van der Waals surface area contributed by atoms with Crippen LogP contribution in [0.2, 0.25) is 5.02 Å². The molecule has 0 radical (unpaired) electrons. The largest absolute Gasteiger partial charge is 0.322 e. The zero-order valence-corrected chi connectivity index (χ0v) is 15.0. The van der Waals surface area contributed by atoms with Gasteiger partial charge in [0.15, 0.2) is 5.13 Å². The van der Waals surface area contributed by atoms with Gasteiger partial charge in [-0.15, -0.1) is 11.3 Å². The fraction of sp³-hybridized carbons (Fsp3) is 0. The summed E-state index contributed by atoms with van der Waals surface area (Å²) < 4.78 is 26.9. The number of thiazole rings is 1. The van der Waals surface area contributed by atoms with Crippen molar-refractivity contribution >= 4 is 49.7 Å². The van der Waals surface area contributed by atoms with Crippen LogP contribution in [0.25, 0.3) is 0 Å². The maximum absolute atomic E-state index is 12.2. The van der Waals surface area contributed by atoms with E-state index >= 15 is 0 Å². The summed E-state index contributed by atoms with van der Waals surface area (Å²) >= 11 is 7.05. The van der Waals surface area contributed by atoms with Crippen LogP contribution in [0.3, 0.4) is 0 Å². The summed E-state index contributed by atoms with van der Waals surface area (Å²) in [4.78, 5) is 16.1. The molecule has 3 rings (SSSR count). The summed E-state index contributed by atoms with van der Waals surface area (Å²) in [6, 6.07) is 12.4. The van der Waals surface area contributed by atoms with E-state index < -0.39 is 10.0 Å². The lowest BCUT2D eigenvalue weighted by Crippen LogP contribution is -2.14. The fourth-order valence-corrected chi connectivity index (χ4v) is 3.98. The van der Waals surface area contributed by atoms with Crippen molar-refractivity contribution in [1.29, 1.82) is 0 Å². The van der Waals surface area contributed by atoms with Crippen LogP contribution in [0.5, 0.6) is 0 Å². The predicted molar refractivity (Wildman–Crippen MR) is 98.8 cm³/mol. The number of nitrogens with one attached hydrogen (secondary N) is 2. The van der Waals surface area contributed by atoms with E-state index in [4.69, 9.17) is 11.6 Å². The molecule has 0 unspecified atom stereocenters. The second kappa shape index (κ2) is 7.22. The minimum absolute atomic E-state index is 0.0726. The molecule has 0 saturated carbocycles. The van der Waals surface area contributed by atoms with Gasteiger partial charge in [-0.05, 0) is 42.5 Å². The standard InChI is InChI=1S/C16H12ClN3O3S2/c17-12-3-1-2-11(10-12)15(21)19-13-4-6-14(7-5-13)25(22,23)20-16-18-8-9-24-16/h1-10H,(H,18,20)(H,19,21). The summed E-state index contributed by atoms with van der Waals surface area (Å²) in [7, 11) is -3.72. The number of hydrogen-bond donors (Lipinski definition) is 2. The lowest BCUT2D eigenvalue weighted by molar-refractivity contribution is 0.102. The molecule has 0 bridgehead atoms. The van der Waals surface area contributed by atoms with Crippen LogP contribution in [0.1, 0.15) is 10.4 Å². The first-order chi connectivity index (χ1) is 11.9. The molecule has 1 amide bonds. The summed E-state index contributed by atoms with van der Waals surface area (Å²) in [6.45, 7) is 0. The normalized spacial score (nSPS) is 11.1. The molecule has 0 fully saturated rings. The molecule has 128 valence electrons. The van der Waals surface area contributed by atoms with Crippen molar-refractivity contribution in [3.05, 3.63) is 70.7 Å². The summed E-state index contributed by atoms with van der Waals surface area (Å²) in [5.74, 6) is -0.334. The Labute approximate surface area is 153 Å². The lowest BCUT2D eigenvalue weighted by Gasteiger charge is -2.08. The van der Waals surface area contributed by atoms with E-state index in [1.165, 1.54) is 41.8 Å². The molecule has 0 saturated heterocycles. The Bertz CT molecular complexity index is 988. The van der Waals surface area contributed by atoms with Crippen molar-refractivity contribution in [2.45, 2.75) is 4.90 Å². The third-order valence-corrected chi connectivity index (χ3v) is 5.57. The van der Waals surface area contributed by atoms with Gasteiger partial charge in [0.2, 0.25) is 0 Å². The molecular formula is C16H12ClN3O3S2. The number of hydrogen-bond acceptors (Lipinski definition) is 5. The summed E-state index contributed by atoms with van der Waals surface area (Å²) in [5.41, 5.74) is 0.882. The second-order valence-corrected chi connectivity index (χ2v) is 7.95. The van der Waals surface area contributed by atoms with Gasteiger partial charge in [-0.2, -0.15) is 0 Å². The van der Waals surface area contributed by atoms with Crippen LogP contribution in [0, 0.1) is 0 Å². The molecule has 9 heteroatoms. The Morgan fingerprint density at radius 2 is 1.88 bits per heavy atom. The summed E-state index contributed by atoms with van der Waals surface area (Å²) in [5, 5.41) is 5.11. The van der Waals surface area contributed by atoms with Gasteiger partial charge in [-0.3, -0.25) is 9.52 Å². The maximum Gasteiger partial charge on any atom is 0.263 e. The second-order valence-electron chi connectivity index (χ2n) is 4.93. The van der Waals surface area contributed by atoms with Crippen molar-refractivity contribution in [2.24, 2.45) is 0 Å². The quantitative estimate of drug-likeness (QED) is 0.689. The monoisotopic (exact) mass is 393 g/mol. The van der Waals surface area contributed by atoms with Crippen LogP contribution in [-0.2, 0) is 10.0 Å². The van der Waals surface area contributed by atoms with Gasteiger partial charge in [0.1, 0.15) is 0 Å². The Hall–Kier alpha value is -2.42. The number of aromatic nitrogens is 1. The number of nitrogens with zero attached hydrogens (tertiary/aromatic N) is 1. The molecule has 0 aliphatic carbocycles. The maximum atomic E-state index is 12.2. The number of amides is 1. The highest BCUT2D eigenvalue weighted by Gasteiger charge is 2.15. The molecular weight excluding hydrogens is 382 g/mol. The number of carbonyl (C=O) groups is 1. The van der Waals surface area contributed by atoms with Gasteiger partial charge >= 0.3 is 0 Å². The Morgan fingerprint density at radius 3 is 2.52 bits per heavy atom. The first kappa shape index (κ1) is 17.4. The van der Waals surface area contributed by atoms with Gasteiger partial charge in [0, 0.05) is 27.9 Å². The third-order valence-electron chi connectivity index (χ3n) is 3.16. The van der Waals surface area contributed by atoms with Gasteiger partial charge < -0.3 is 5.32 Å².